The zero-order valence-electron chi connectivity index (χ0n) is 14.5. The standard InChI is InChI=1S/C19H24N2O3S/c1-25-11-8-17(22)20-9-6-14(7-10-20)21-18-15-5-3-2-4-13(15)12-16(18)24-19(21)23/h2-5,14,16,18H,6-12H2,1H3. The van der Waals surface area contributed by atoms with Gasteiger partial charge in [0.05, 0.1) is 6.04 Å². The van der Waals surface area contributed by atoms with Crippen LogP contribution in [-0.4, -0.2) is 59.0 Å². The molecule has 0 radical (unpaired) electrons. The lowest BCUT2D eigenvalue weighted by atomic mass is 9.99. The summed E-state index contributed by atoms with van der Waals surface area (Å²) in [4.78, 5) is 28.6. The summed E-state index contributed by atoms with van der Waals surface area (Å²) in [5.74, 6) is 1.11. The lowest BCUT2D eigenvalue weighted by Gasteiger charge is -2.38. The van der Waals surface area contributed by atoms with Crippen molar-refractivity contribution in [2.75, 3.05) is 25.1 Å². The Hall–Kier alpha value is -1.69. The van der Waals surface area contributed by atoms with Crippen LogP contribution in [0.15, 0.2) is 24.3 Å². The minimum atomic E-state index is -0.184. The van der Waals surface area contributed by atoms with Gasteiger partial charge in [0.15, 0.2) is 0 Å². The third-order valence-electron chi connectivity index (χ3n) is 5.64. The number of ether oxygens (including phenoxy) is 1. The van der Waals surface area contributed by atoms with E-state index in [0.29, 0.717) is 6.42 Å². The molecule has 2 unspecified atom stereocenters. The van der Waals surface area contributed by atoms with Crippen molar-refractivity contribution >= 4 is 23.8 Å². The average Bonchev–Trinajstić information content (AvgIpc) is 3.14. The van der Waals surface area contributed by atoms with E-state index in [1.165, 1.54) is 11.1 Å². The maximum atomic E-state index is 12.5. The second-order valence-corrected chi connectivity index (χ2v) is 8.02. The third-order valence-corrected chi connectivity index (χ3v) is 6.25. The molecule has 134 valence electrons. The van der Waals surface area contributed by atoms with Gasteiger partial charge in [-0.1, -0.05) is 24.3 Å². The predicted octanol–water partition coefficient (Wildman–Crippen LogP) is 2.85. The molecule has 25 heavy (non-hydrogen) atoms. The highest BCUT2D eigenvalue weighted by Crippen LogP contribution is 2.44. The van der Waals surface area contributed by atoms with Crippen LogP contribution in [0.5, 0.6) is 0 Å². The van der Waals surface area contributed by atoms with Crippen molar-refractivity contribution in [1.82, 2.24) is 9.80 Å². The highest BCUT2D eigenvalue weighted by atomic mass is 32.2. The summed E-state index contributed by atoms with van der Waals surface area (Å²) in [6, 6.07) is 8.55. The van der Waals surface area contributed by atoms with Gasteiger partial charge in [0.25, 0.3) is 0 Å². The highest BCUT2D eigenvalue weighted by Gasteiger charge is 2.50. The Morgan fingerprint density at radius 2 is 2.04 bits per heavy atom. The molecule has 2 aliphatic heterocycles. The van der Waals surface area contributed by atoms with Crippen molar-refractivity contribution in [3.63, 3.8) is 0 Å². The molecule has 2 fully saturated rings. The number of fused-ring (bicyclic) bond motifs is 3. The fourth-order valence-electron chi connectivity index (χ4n) is 4.39. The first-order valence-corrected chi connectivity index (χ1v) is 10.4. The Morgan fingerprint density at radius 3 is 2.80 bits per heavy atom. The zero-order chi connectivity index (χ0) is 17.4. The SMILES string of the molecule is CSCCC(=O)N1CCC(N2C(=O)OC3Cc4ccccc4C32)CC1. The number of likely N-dealkylation sites (tertiary alicyclic amines) is 1. The molecule has 2 saturated heterocycles. The Morgan fingerprint density at radius 1 is 1.28 bits per heavy atom. The van der Waals surface area contributed by atoms with Gasteiger partial charge in [-0.05, 0) is 30.2 Å². The van der Waals surface area contributed by atoms with Crippen molar-refractivity contribution in [3.8, 4) is 0 Å². The van der Waals surface area contributed by atoms with Gasteiger partial charge in [0.1, 0.15) is 6.10 Å². The molecule has 2 atom stereocenters. The van der Waals surface area contributed by atoms with Crippen LogP contribution in [0, 0.1) is 0 Å². The summed E-state index contributed by atoms with van der Waals surface area (Å²) >= 11 is 1.70. The average molecular weight is 360 g/mol. The summed E-state index contributed by atoms with van der Waals surface area (Å²) in [6.45, 7) is 1.47. The van der Waals surface area contributed by atoms with E-state index < -0.39 is 0 Å². The zero-order valence-corrected chi connectivity index (χ0v) is 15.3. The van der Waals surface area contributed by atoms with Gasteiger partial charge >= 0.3 is 6.09 Å². The Balaban J connectivity index is 1.44. The van der Waals surface area contributed by atoms with Crippen molar-refractivity contribution < 1.29 is 14.3 Å². The maximum Gasteiger partial charge on any atom is 0.411 e. The normalized spacial score (nSPS) is 25.7. The van der Waals surface area contributed by atoms with E-state index in [1.54, 1.807) is 11.8 Å². The molecular formula is C19H24N2O3S. The van der Waals surface area contributed by atoms with Crippen molar-refractivity contribution in [2.24, 2.45) is 0 Å². The Kier molecular flexibility index (Phi) is 4.63. The number of piperidine rings is 1. The van der Waals surface area contributed by atoms with E-state index in [4.69, 9.17) is 4.74 Å². The molecule has 2 heterocycles. The lowest BCUT2D eigenvalue weighted by Crippen LogP contribution is -2.47. The fourth-order valence-corrected chi connectivity index (χ4v) is 4.77. The summed E-state index contributed by atoms with van der Waals surface area (Å²) in [5.41, 5.74) is 2.52. The van der Waals surface area contributed by atoms with E-state index in [-0.39, 0.29) is 30.2 Å². The summed E-state index contributed by atoms with van der Waals surface area (Å²) in [7, 11) is 0. The molecule has 0 N–H and O–H groups in total. The monoisotopic (exact) mass is 360 g/mol. The van der Waals surface area contributed by atoms with Gasteiger partial charge in [-0.15, -0.1) is 0 Å². The second-order valence-electron chi connectivity index (χ2n) is 7.03. The smallest absolute Gasteiger partial charge is 0.411 e. The first-order chi connectivity index (χ1) is 12.2. The summed E-state index contributed by atoms with van der Waals surface area (Å²) < 4.78 is 5.66. The number of nitrogens with zero attached hydrogens (tertiary/aromatic N) is 2. The largest absolute Gasteiger partial charge is 0.443 e. The molecule has 1 aromatic carbocycles. The molecule has 1 aromatic rings. The molecule has 0 spiro atoms. The molecule has 0 aromatic heterocycles. The fraction of sp³-hybridized carbons (Fsp3) is 0.579. The Bertz CT molecular complexity index is 672. The van der Waals surface area contributed by atoms with Crippen LogP contribution in [0.4, 0.5) is 4.79 Å². The number of hydrogen-bond acceptors (Lipinski definition) is 4. The molecule has 4 rings (SSSR count). The van der Waals surface area contributed by atoms with Crippen molar-refractivity contribution in [2.45, 2.75) is 43.9 Å². The molecule has 6 heteroatoms. The van der Waals surface area contributed by atoms with Crippen LogP contribution in [0.1, 0.15) is 36.4 Å². The topological polar surface area (TPSA) is 49.9 Å². The first kappa shape index (κ1) is 16.8. The summed E-state index contributed by atoms with van der Waals surface area (Å²) in [5, 5.41) is 0. The van der Waals surface area contributed by atoms with Gasteiger partial charge < -0.3 is 9.64 Å². The van der Waals surface area contributed by atoms with E-state index in [0.717, 1.165) is 38.1 Å². The second kappa shape index (κ2) is 6.90. The Labute approximate surface area is 152 Å². The van der Waals surface area contributed by atoms with Crippen LogP contribution in [0.3, 0.4) is 0 Å². The van der Waals surface area contributed by atoms with Crippen LogP contribution in [0.25, 0.3) is 0 Å². The first-order valence-electron chi connectivity index (χ1n) is 9.02. The molecular weight excluding hydrogens is 336 g/mol. The lowest BCUT2D eigenvalue weighted by molar-refractivity contribution is -0.132. The van der Waals surface area contributed by atoms with Crippen LogP contribution >= 0.6 is 11.8 Å². The summed E-state index contributed by atoms with van der Waals surface area (Å²) in [6.07, 6.45) is 4.89. The minimum absolute atomic E-state index is 0.0486. The molecule has 0 bridgehead atoms. The predicted molar refractivity (Wildman–Crippen MR) is 97.6 cm³/mol. The number of thioether (sulfide) groups is 1. The highest BCUT2D eigenvalue weighted by molar-refractivity contribution is 7.98. The number of hydrogen-bond donors (Lipinski definition) is 0. The minimum Gasteiger partial charge on any atom is -0.443 e. The van der Waals surface area contributed by atoms with Crippen molar-refractivity contribution in [1.29, 1.82) is 0 Å². The number of rotatable bonds is 4. The number of carbonyl (C=O) groups excluding carboxylic acids is 2. The molecule has 5 nitrogen and oxygen atoms in total. The van der Waals surface area contributed by atoms with Crippen LogP contribution in [-0.2, 0) is 16.0 Å². The van der Waals surface area contributed by atoms with Crippen LogP contribution < -0.4 is 0 Å². The quantitative estimate of drug-likeness (QED) is 0.828. The van der Waals surface area contributed by atoms with E-state index in [2.05, 4.69) is 12.1 Å². The van der Waals surface area contributed by atoms with E-state index >= 15 is 0 Å². The van der Waals surface area contributed by atoms with Gasteiger partial charge in [-0.3, -0.25) is 9.69 Å². The third kappa shape index (κ3) is 3.01. The van der Waals surface area contributed by atoms with Gasteiger partial charge in [0.2, 0.25) is 5.91 Å². The van der Waals surface area contributed by atoms with Gasteiger partial charge in [-0.25, -0.2) is 4.79 Å². The molecule has 1 aliphatic carbocycles. The van der Waals surface area contributed by atoms with Gasteiger partial charge in [0, 0.05) is 37.7 Å². The maximum absolute atomic E-state index is 12.5. The number of carbonyl (C=O) groups is 2. The molecule has 3 aliphatic rings. The number of amides is 2. The van der Waals surface area contributed by atoms with Gasteiger partial charge in [-0.2, -0.15) is 11.8 Å². The van der Waals surface area contributed by atoms with E-state index in [1.807, 2.05) is 28.2 Å². The number of benzene rings is 1. The molecule has 0 saturated carbocycles. The van der Waals surface area contributed by atoms with Crippen LogP contribution in [0.2, 0.25) is 0 Å². The van der Waals surface area contributed by atoms with E-state index in [9.17, 15) is 9.59 Å². The van der Waals surface area contributed by atoms with Crippen molar-refractivity contribution in [3.05, 3.63) is 35.4 Å². The molecule has 2 amide bonds.